The lowest BCUT2D eigenvalue weighted by atomic mass is 10.3. The number of carbonyl (C=O) groups is 1. The van der Waals surface area contributed by atoms with Crippen molar-refractivity contribution in [1.82, 2.24) is 4.90 Å². The molecule has 0 bridgehead atoms. The number of nitrogens with zero attached hydrogens (tertiary/aromatic N) is 1. The van der Waals surface area contributed by atoms with E-state index in [1.807, 2.05) is 0 Å². The molecule has 0 aromatic heterocycles. The molecule has 65 valence electrons. The molecule has 1 amide bonds. The summed E-state index contributed by atoms with van der Waals surface area (Å²) in [6, 6.07) is 0. The molecule has 1 fully saturated rings. The number of rotatable bonds is 1. The Kier molecular flexibility index (Phi) is 3.62. The number of carbonyl (C=O) groups excluding carboxylic acids is 1. The van der Waals surface area contributed by atoms with Gasteiger partial charge in [-0.3, -0.25) is 4.79 Å². The standard InChI is InChI=1S/C9H12NO2/c1-2-3-4-9(11)10-5-7-12-8-6-10/h1,4-8H2. The molecule has 0 aromatic carbocycles. The highest BCUT2D eigenvalue weighted by molar-refractivity contribution is 5.78. The van der Waals surface area contributed by atoms with Crippen LogP contribution in [0.5, 0.6) is 0 Å². The van der Waals surface area contributed by atoms with Crippen molar-refractivity contribution in [2.75, 3.05) is 26.3 Å². The van der Waals surface area contributed by atoms with Crippen LogP contribution in [0.2, 0.25) is 0 Å². The van der Waals surface area contributed by atoms with Gasteiger partial charge in [0.15, 0.2) is 0 Å². The van der Waals surface area contributed by atoms with Crippen LogP contribution in [0.4, 0.5) is 0 Å². The Labute approximate surface area is 72.7 Å². The fourth-order valence-electron chi connectivity index (χ4n) is 1.06. The average Bonchev–Trinajstić information content (AvgIpc) is 2.15. The van der Waals surface area contributed by atoms with E-state index in [0.717, 1.165) is 0 Å². The number of hydrogen-bond donors (Lipinski definition) is 0. The van der Waals surface area contributed by atoms with E-state index < -0.39 is 0 Å². The summed E-state index contributed by atoms with van der Waals surface area (Å²) in [4.78, 5) is 13.1. The molecule has 1 aliphatic rings. The smallest absolute Gasteiger partial charge is 0.234 e. The maximum Gasteiger partial charge on any atom is 0.234 e. The molecule has 3 nitrogen and oxygen atoms in total. The molecule has 1 aliphatic heterocycles. The molecule has 0 aliphatic carbocycles. The summed E-state index contributed by atoms with van der Waals surface area (Å²) in [5.41, 5.74) is 0. The summed E-state index contributed by atoms with van der Waals surface area (Å²) in [5, 5.41) is 0. The Morgan fingerprint density at radius 3 is 2.75 bits per heavy atom. The molecular weight excluding hydrogens is 154 g/mol. The second-order valence-corrected chi connectivity index (χ2v) is 2.52. The molecule has 1 heterocycles. The van der Waals surface area contributed by atoms with Crippen LogP contribution in [0.15, 0.2) is 0 Å². The zero-order chi connectivity index (χ0) is 8.81. The Morgan fingerprint density at radius 2 is 2.17 bits per heavy atom. The number of morpholine rings is 1. The normalized spacial score (nSPS) is 16.6. The first-order valence-electron chi connectivity index (χ1n) is 3.95. The van der Waals surface area contributed by atoms with Crippen molar-refractivity contribution in [2.45, 2.75) is 6.42 Å². The Balaban J connectivity index is 2.33. The highest BCUT2D eigenvalue weighted by atomic mass is 16.5. The van der Waals surface area contributed by atoms with Crippen LogP contribution in [-0.4, -0.2) is 37.1 Å². The quantitative estimate of drug-likeness (QED) is 0.516. The predicted molar refractivity (Wildman–Crippen MR) is 45.1 cm³/mol. The zero-order valence-corrected chi connectivity index (χ0v) is 7.01. The van der Waals surface area contributed by atoms with Gasteiger partial charge in [-0.05, 0) is 0 Å². The van der Waals surface area contributed by atoms with Gasteiger partial charge >= 0.3 is 0 Å². The monoisotopic (exact) mass is 166 g/mol. The third kappa shape index (κ3) is 2.55. The lowest BCUT2D eigenvalue weighted by molar-refractivity contribution is -0.134. The Morgan fingerprint density at radius 1 is 1.50 bits per heavy atom. The Bertz CT molecular complexity index is 208. The van der Waals surface area contributed by atoms with E-state index in [1.54, 1.807) is 4.90 Å². The van der Waals surface area contributed by atoms with E-state index in [9.17, 15) is 4.79 Å². The van der Waals surface area contributed by atoms with Crippen LogP contribution in [-0.2, 0) is 9.53 Å². The summed E-state index contributed by atoms with van der Waals surface area (Å²) in [5.74, 6) is 5.19. The molecule has 1 saturated heterocycles. The van der Waals surface area contributed by atoms with Crippen molar-refractivity contribution < 1.29 is 9.53 Å². The van der Waals surface area contributed by atoms with E-state index in [-0.39, 0.29) is 12.3 Å². The van der Waals surface area contributed by atoms with Crippen LogP contribution in [0, 0.1) is 18.8 Å². The molecule has 0 saturated carbocycles. The van der Waals surface area contributed by atoms with Crippen LogP contribution < -0.4 is 0 Å². The summed E-state index contributed by atoms with van der Waals surface area (Å²) in [6.45, 7) is 6.02. The van der Waals surface area contributed by atoms with Gasteiger partial charge in [-0.2, -0.15) is 0 Å². The van der Waals surface area contributed by atoms with Gasteiger partial charge in [-0.1, -0.05) is 5.92 Å². The topological polar surface area (TPSA) is 29.5 Å². The van der Waals surface area contributed by atoms with Crippen molar-refractivity contribution in [2.24, 2.45) is 0 Å². The Hall–Kier alpha value is -1.01. The molecule has 1 radical (unpaired) electrons. The first-order chi connectivity index (χ1) is 5.84. The van der Waals surface area contributed by atoms with E-state index in [4.69, 9.17) is 4.74 Å². The third-order valence-corrected chi connectivity index (χ3v) is 1.73. The summed E-state index contributed by atoms with van der Waals surface area (Å²) in [7, 11) is 0. The fraction of sp³-hybridized carbons (Fsp3) is 0.556. The molecule has 0 atom stereocenters. The van der Waals surface area contributed by atoms with Gasteiger partial charge in [0.2, 0.25) is 5.91 Å². The minimum Gasteiger partial charge on any atom is -0.378 e. The van der Waals surface area contributed by atoms with Gasteiger partial charge in [-0.25, -0.2) is 0 Å². The van der Waals surface area contributed by atoms with Crippen molar-refractivity contribution in [3.05, 3.63) is 6.92 Å². The SMILES string of the molecule is [CH2]C#CCC(=O)N1CCOCC1. The summed E-state index contributed by atoms with van der Waals surface area (Å²) < 4.78 is 5.11. The number of ether oxygens (including phenoxy) is 1. The molecule has 0 spiro atoms. The lowest BCUT2D eigenvalue weighted by Crippen LogP contribution is -2.40. The van der Waals surface area contributed by atoms with E-state index in [2.05, 4.69) is 18.8 Å². The minimum atomic E-state index is 0.0782. The van der Waals surface area contributed by atoms with Gasteiger partial charge in [0, 0.05) is 20.0 Å². The van der Waals surface area contributed by atoms with Gasteiger partial charge < -0.3 is 9.64 Å². The van der Waals surface area contributed by atoms with Crippen molar-refractivity contribution in [3.8, 4) is 11.8 Å². The molecule has 0 unspecified atom stereocenters. The first-order valence-corrected chi connectivity index (χ1v) is 3.95. The van der Waals surface area contributed by atoms with Crippen LogP contribution in [0.1, 0.15) is 6.42 Å². The van der Waals surface area contributed by atoms with Crippen LogP contribution in [0.25, 0.3) is 0 Å². The molecule has 1 rings (SSSR count). The molecule has 0 aromatic rings. The van der Waals surface area contributed by atoms with Crippen LogP contribution in [0.3, 0.4) is 0 Å². The maximum absolute atomic E-state index is 11.3. The molecule has 12 heavy (non-hydrogen) atoms. The van der Waals surface area contributed by atoms with Gasteiger partial charge in [-0.15, -0.1) is 5.92 Å². The maximum atomic E-state index is 11.3. The second kappa shape index (κ2) is 4.78. The summed E-state index contributed by atoms with van der Waals surface area (Å²) >= 11 is 0. The molecular formula is C9H12NO2. The van der Waals surface area contributed by atoms with Gasteiger partial charge in [0.25, 0.3) is 0 Å². The van der Waals surface area contributed by atoms with E-state index in [1.165, 1.54) is 0 Å². The van der Waals surface area contributed by atoms with Crippen molar-refractivity contribution in [3.63, 3.8) is 0 Å². The highest BCUT2D eigenvalue weighted by Crippen LogP contribution is 1.98. The molecule has 3 heteroatoms. The van der Waals surface area contributed by atoms with Crippen LogP contribution >= 0.6 is 0 Å². The number of hydrogen-bond acceptors (Lipinski definition) is 2. The minimum absolute atomic E-state index is 0.0782. The van der Waals surface area contributed by atoms with Gasteiger partial charge in [0.1, 0.15) is 0 Å². The largest absolute Gasteiger partial charge is 0.378 e. The average molecular weight is 166 g/mol. The van der Waals surface area contributed by atoms with Crippen molar-refractivity contribution in [1.29, 1.82) is 0 Å². The lowest BCUT2D eigenvalue weighted by Gasteiger charge is -2.26. The zero-order valence-electron chi connectivity index (χ0n) is 7.01. The number of amides is 1. The fourth-order valence-corrected chi connectivity index (χ4v) is 1.06. The van der Waals surface area contributed by atoms with Crippen molar-refractivity contribution >= 4 is 5.91 Å². The predicted octanol–water partition coefficient (Wildman–Crippen LogP) is 0.0728. The molecule has 0 N–H and O–H groups in total. The highest BCUT2D eigenvalue weighted by Gasteiger charge is 2.14. The summed E-state index contributed by atoms with van der Waals surface area (Å²) in [6.07, 6.45) is 0.281. The first kappa shape index (κ1) is 9.08. The van der Waals surface area contributed by atoms with E-state index >= 15 is 0 Å². The van der Waals surface area contributed by atoms with Gasteiger partial charge in [0.05, 0.1) is 19.6 Å². The van der Waals surface area contributed by atoms with E-state index in [0.29, 0.717) is 26.3 Å². The second-order valence-electron chi connectivity index (χ2n) is 2.52. The third-order valence-electron chi connectivity index (χ3n) is 1.73.